The van der Waals surface area contributed by atoms with Crippen LogP contribution in [0.4, 0.5) is 0 Å². The van der Waals surface area contributed by atoms with Crippen LogP contribution in [-0.2, 0) is 0 Å². The van der Waals surface area contributed by atoms with Crippen molar-refractivity contribution in [2.75, 3.05) is 6.61 Å². The molecule has 1 fully saturated rings. The summed E-state index contributed by atoms with van der Waals surface area (Å²) in [5, 5.41) is 0. The lowest BCUT2D eigenvalue weighted by atomic mass is 9.71. The van der Waals surface area contributed by atoms with Crippen molar-refractivity contribution >= 4 is 5.78 Å². The molecule has 1 saturated carbocycles. The number of hydrogen-bond donors (Lipinski definition) is 0. The summed E-state index contributed by atoms with van der Waals surface area (Å²) in [6, 6.07) is 7.64. The van der Waals surface area contributed by atoms with Crippen molar-refractivity contribution in [3.8, 4) is 5.75 Å². The van der Waals surface area contributed by atoms with Crippen molar-refractivity contribution in [3.63, 3.8) is 0 Å². The topological polar surface area (TPSA) is 26.3 Å². The highest BCUT2D eigenvalue weighted by atomic mass is 16.5. The molecule has 0 spiro atoms. The highest BCUT2D eigenvalue weighted by molar-refractivity contribution is 5.98. The molecule has 0 aliphatic heterocycles. The number of benzene rings is 1. The second-order valence-corrected chi connectivity index (χ2v) is 6.68. The molecule has 0 radical (unpaired) electrons. The predicted molar refractivity (Wildman–Crippen MR) is 82.3 cm³/mol. The number of Topliss-reactive ketones (excluding diaryl/α,β-unsaturated/α-hetero) is 1. The first-order valence-electron chi connectivity index (χ1n) is 7.79. The zero-order valence-corrected chi connectivity index (χ0v) is 12.9. The molecule has 1 aliphatic rings. The summed E-state index contributed by atoms with van der Waals surface area (Å²) in [6.45, 7) is 7.41. The van der Waals surface area contributed by atoms with Crippen LogP contribution in [0, 0.1) is 11.3 Å². The summed E-state index contributed by atoms with van der Waals surface area (Å²) in [6.07, 6.45) is 5.36. The van der Waals surface area contributed by atoms with Crippen LogP contribution in [-0.4, -0.2) is 12.4 Å². The smallest absolute Gasteiger partial charge is 0.165 e. The number of carbonyl (C=O) groups excluding carboxylic acids is 1. The van der Waals surface area contributed by atoms with Gasteiger partial charge in [-0.1, -0.05) is 20.8 Å². The third kappa shape index (κ3) is 3.84. The minimum atomic E-state index is 0.213. The minimum Gasteiger partial charge on any atom is -0.494 e. The van der Waals surface area contributed by atoms with Crippen LogP contribution in [0.2, 0.25) is 0 Å². The Morgan fingerprint density at radius 2 is 1.80 bits per heavy atom. The SMILES string of the molecule is CCCOc1ccc(C(=O)C2CCC(C)(C)CC2)cc1. The van der Waals surface area contributed by atoms with Gasteiger partial charge >= 0.3 is 0 Å². The van der Waals surface area contributed by atoms with Crippen LogP contribution in [0.5, 0.6) is 5.75 Å². The van der Waals surface area contributed by atoms with Gasteiger partial charge in [-0.2, -0.15) is 0 Å². The first-order chi connectivity index (χ1) is 9.52. The molecule has 20 heavy (non-hydrogen) atoms. The molecule has 2 rings (SSSR count). The standard InChI is InChI=1S/C18H26O2/c1-4-13-20-16-7-5-14(6-8-16)17(19)15-9-11-18(2,3)12-10-15/h5-8,15H,4,9-13H2,1-3H3. The Balaban J connectivity index is 1.96. The van der Waals surface area contributed by atoms with E-state index in [2.05, 4.69) is 20.8 Å². The van der Waals surface area contributed by atoms with Crippen LogP contribution in [0.25, 0.3) is 0 Å². The Bertz CT molecular complexity index is 435. The van der Waals surface area contributed by atoms with Gasteiger partial charge in [-0.3, -0.25) is 4.79 Å². The molecule has 1 aliphatic carbocycles. The van der Waals surface area contributed by atoms with E-state index in [-0.39, 0.29) is 5.92 Å². The monoisotopic (exact) mass is 274 g/mol. The molecule has 0 atom stereocenters. The average Bonchev–Trinajstić information content (AvgIpc) is 2.45. The Morgan fingerprint density at radius 3 is 2.35 bits per heavy atom. The molecule has 0 heterocycles. The number of carbonyl (C=O) groups is 1. The average molecular weight is 274 g/mol. The predicted octanol–water partition coefficient (Wildman–Crippen LogP) is 4.87. The van der Waals surface area contributed by atoms with Crippen molar-refractivity contribution in [1.82, 2.24) is 0 Å². The molecule has 0 amide bonds. The van der Waals surface area contributed by atoms with Crippen molar-refractivity contribution in [2.24, 2.45) is 11.3 Å². The lowest BCUT2D eigenvalue weighted by Gasteiger charge is -2.33. The van der Waals surface area contributed by atoms with Gasteiger partial charge in [0.2, 0.25) is 0 Å². The van der Waals surface area contributed by atoms with Gasteiger partial charge in [-0.05, 0) is 61.8 Å². The van der Waals surface area contributed by atoms with Crippen molar-refractivity contribution < 1.29 is 9.53 Å². The van der Waals surface area contributed by atoms with E-state index in [4.69, 9.17) is 4.74 Å². The summed E-state index contributed by atoms with van der Waals surface area (Å²) in [5.41, 5.74) is 1.24. The molecule has 2 heteroatoms. The van der Waals surface area contributed by atoms with E-state index in [1.807, 2.05) is 24.3 Å². The molecule has 0 aromatic heterocycles. The largest absolute Gasteiger partial charge is 0.494 e. The minimum absolute atomic E-state index is 0.213. The van der Waals surface area contributed by atoms with Crippen LogP contribution >= 0.6 is 0 Å². The van der Waals surface area contributed by atoms with Crippen molar-refractivity contribution in [1.29, 1.82) is 0 Å². The summed E-state index contributed by atoms with van der Waals surface area (Å²) >= 11 is 0. The van der Waals surface area contributed by atoms with Gasteiger partial charge in [0.15, 0.2) is 5.78 Å². The number of ether oxygens (including phenoxy) is 1. The maximum atomic E-state index is 12.5. The summed E-state index contributed by atoms with van der Waals surface area (Å²) in [7, 11) is 0. The van der Waals surface area contributed by atoms with E-state index in [0.717, 1.165) is 50.0 Å². The number of ketones is 1. The van der Waals surface area contributed by atoms with E-state index in [0.29, 0.717) is 11.2 Å². The summed E-state index contributed by atoms with van der Waals surface area (Å²) in [4.78, 5) is 12.5. The summed E-state index contributed by atoms with van der Waals surface area (Å²) < 4.78 is 5.55. The fourth-order valence-corrected chi connectivity index (χ4v) is 2.83. The van der Waals surface area contributed by atoms with Gasteiger partial charge in [0.1, 0.15) is 5.75 Å². The molecule has 0 N–H and O–H groups in total. The first-order valence-corrected chi connectivity index (χ1v) is 7.79. The zero-order chi connectivity index (χ0) is 14.6. The zero-order valence-electron chi connectivity index (χ0n) is 12.9. The molecular formula is C18H26O2. The van der Waals surface area contributed by atoms with E-state index < -0.39 is 0 Å². The molecule has 0 saturated heterocycles. The lowest BCUT2D eigenvalue weighted by Crippen LogP contribution is -2.26. The maximum Gasteiger partial charge on any atom is 0.165 e. The Kier molecular flexibility index (Phi) is 4.85. The van der Waals surface area contributed by atoms with Gasteiger partial charge in [0.05, 0.1) is 6.61 Å². The molecule has 0 bridgehead atoms. The van der Waals surface area contributed by atoms with Crippen LogP contribution < -0.4 is 4.74 Å². The third-order valence-electron chi connectivity index (χ3n) is 4.32. The number of rotatable bonds is 5. The second kappa shape index (κ2) is 6.43. The second-order valence-electron chi connectivity index (χ2n) is 6.68. The molecule has 1 aromatic rings. The van der Waals surface area contributed by atoms with E-state index in [9.17, 15) is 4.79 Å². The Morgan fingerprint density at radius 1 is 1.20 bits per heavy atom. The van der Waals surface area contributed by atoms with Crippen molar-refractivity contribution in [3.05, 3.63) is 29.8 Å². The molecular weight excluding hydrogens is 248 g/mol. The lowest BCUT2D eigenvalue weighted by molar-refractivity contribution is 0.0838. The Hall–Kier alpha value is -1.31. The highest BCUT2D eigenvalue weighted by Gasteiger charge is 2.30. The normalized spacial score (nSPS) is 18.8. The fraction of sp³-hybridized carbons (Fsp3) is 0.611. The highest BCUT2D eigenvalue weighted by Crippen LogP contribution is 2.39. The van der Waals surface area contributed by atoms with E-state index >= 15 is 0 Å². The van der Waals surface area contributed by atoms with Crippen LogP contribution in [0.1, 0.15) is 63.2 Å². The first kappa shape index (κ1) is 15.1. The van der Waals surface area contributed by atoms with Gasteiger partial charge < -0.3 is 4.74 Å². The maximum absolute atomic E-state index is 12.5. The van der Waals surface area contributed by atoms with Gasteiger partial charge in [0.25, 0.3) is 0 Å². The summed E-state index contributed by atoms with van der Waals surface area (Å²) in [5.74, 6) is 1.38. The van der Waals surface area contributed by atoms with Crippen molar-refractivity contribution in [2.45, 2.75) is 52.9 Å². The fourth-order valence-electron chi connectivity index (χ4n) is 2.83. The molecule has 1 aromatic carbocycles. The van der Waals surface area contributed by atoms with Crippen LogP contribution in [0.15, 0.2) is 24.3 Å². The molecule has 110 valence electrons. The quantitative estimate of drug-likeness (QED) is 0.716. The van der Waals surface area contributed by atoms with Gasteiger partial charge in [-0.15, -0.1) is 0 Å². The number of hydrogen-bond acceptors (Lipinski definition) is 2. The third-order valence-corrected chi connectivity index (χ3v) is 4.32. The van der Waals surface area contributed by atoms with E-state index in [1.165, 1.54) is 0 Å². The van der Waals surface area contributed by atoms with Crippen LogP contribution in [0.3, 0.4) is 0 Å². The van der Waals surface area contributed by atoms with Gasteiger partial charge in [-0.25, -0.2) is 0 Å². The van der Waals surface area contributed by atoms with Gasteiger partial charge in [0, 0.05) is 11.5 Å². The van der Waals surface area contributed by atoms with E-state index in [1.54, 1.807) is 0 Å². The molecule has 0 unspecified atom stereocenters. The molecule has 2 nitrogen and oxygen atoms in total. The Labute approximate surface area is 122 Å².